The molecule has 2 aliphatic rings. The van der Waals surface area contributed by atoms with Crippen molar-refractivity contribution in [3.63, 3.8) is 0 Å². The molecule has 0 radical (unpaired) electrons. The zero-order chi connectivity index (χ0) is 14.8. The second-order valence-electron chi connectivity index (χ2n) is 7.27. The number of nitrogens with zero attached hydrogens (tertiary/aromatic N) is 1. The average molecular weight is 286 g/mol. The van der Waals surface area contributed by atoms with Gasteiger partial charge in [-0.2, -0.15) is 0 Å². The highest BCUT2D eigenvalue weighted by molar-refractivity contribution is 5.21. The molecule has 1 heterocycles. The lowest BCUT2D eigenvalue weighted by Gasteiger charge is -2.43. The molecule has 0 bridgehead atoms. The van der Waals surface area contributed by atoms with Gasteiger partial charge in [0.1, 0.15) is 0 Å². The van der Waals surface area contributed by atoms with Crippen LogP contribution in [0.25, 0.3) is 0 Å². The predicted octanol–water partition coefficient (Wildman–Crippen LogP) is 3.64. The minimum atomic E-state index is 0.665. The van der Waals surface area contributed by atoms with Crippen molar-refractivity contribution in [2.75, 3.05) is 13.6 Å². The van der Waals surface area contributed by atoms with Crippen LogP contribution >= 0.6 is 0 Å². The molecular formula is C19H30N2. The lowest BCUT2D eigenvalue weighted by atomic mass is 9.78. The van der Waals surface area contributed by atoms with Gasteiger partial charge in [-0.15, -0.1) is 0 Å². The van der Waals surface area contributed by atoms with Gasteiger partial charge >= 0.3 is 0 Å². The lowest BCUT2D eigenvalue weighted by Crippen LogP contribution is -2.53. The second-order valence-corrected chi connectivity index (χ2v) is 7.27. The number of nitrogens with one attached hydrogen (secondary N) is 1. The molecule has 1 aromatic rings. The number of likely N-dealkylation sites (tertiary alicyclic amines) is 1. The predicted molar refractivity (Wildman–Crippen MR) is 89.6 cm³/mol. The topological polar surface area (TPSA) is 15.3 Å². The van der Waals surface area contributed by atoms with Crippen LogP contribution in [0.4, 0.5) is 0 Å². The summed E-state index contributed by atoms with van der Waals surface area (Å²) in [5.41, 5.74) is 1.54. The van der Waals surface area contributed by atoms with Gasteiger partial charge in [0.25, 0.3) is 0 Å². The molecule has 5 atom stereocenters. The molecular weight excluding hydrogens is 256 g/mol. The molecule has 1 aromatic carbocycles. The van der Waals surface area contributed by atoms with Gasteiger partial charge < -0.3 is 5.32 Å². The molecule has 1 saturated heterocycles. The Labute approximate surface area is 129 Å². The molecule has 3 rings (SSSR count). The zero-order valence-electron chi connectivity index (χ0n) is 13.8. The van der Waals surface area contributed by atoms with Crippen LogP contribution in [0.3, 0.4) is 0 Å². The first-order chi connectivity index (χ1) is 10.2. The highest BCUT2D eigenvalue weighted by Crippen LogP contribution is 2.38. The summed E-state index contributed by atoms with van der Waals surface area (Å²) in [6.07, 6.45) is 5.30. The Morgan fingerprint density at radius 2 is 1.81 bits per heavy atom. The summed E-state index contributed by atoms with van der Waals surface area (Å²) >= 11 is 0. The van der Waals surface area contributed by atoms with Crippen LogP contribution in [-0.4, -0.2) is 36.6 Å². The summed E-state index contributed by atoms with van der Waals surface area (Å²) in [4.78, 5) is 2.79. The third-order valence-corrected chi connectivity index (χ3v) is 5.72. The summed E-state index contributed by atoms with van der Waals surface area (Å²) in [6, 6.07) is 13.3. The van der Waals surface area contributed by atoms with Gasteiger partial charge in [-0.05, 0) is 57.1 Å². The Morgan fingerprint density at radius 1 is 1.05 bits per heavy atom. The van der Waals surface area contributed by atoms with Gasteiger partial charge in [-0.3, -0.25) is 4.90 Å². The summed E-state index contributed by atoms with van der Waals surface area (Å²) in [5, 5.41) is 3.60. The largest absolute Gasteiger partial charge is 0.315 e. The molecule has 0 amide bonds. The maximum absolute atomic E-state index is 3.60. The summed E-state index contributed by atoms with van der Waals surface area (Å²) in [7, 11) is 2.14. The van der Waals surface area contributed by atoms with E-state index in [4.69, 9.17) is 0 Å². The van der Waals surface area contributed by atoms with Crippen molar-refractivity contribution in [1.82, 2.24) is 10.2 Å². The Hall–Kier alpha value is -0.860. The van der Waals surface area contributed by atoms with E-state index in [0.29, 0.717) is 12.1 Å². The van der Waals surface area contributed by atoms with E-state index in [1.165, 1.54) is 37.8 Å². The van der Waals surface area contributed by atoms with Crippen LogP contribution in [0.2, 0.25) is 0 Å². The molecule has 1 N–H and O–H groups in total. The van der Waals surface area contributed by atoms with Gasteiger partial charge in [-0.25, -0.2) is 0 Å². The van der Waals surface area contributed by atoms with E-state index in [1.54, 1.807) is 0 Å². The van der Waals surface area contributed by atoms with Gasteiger partial charge in [0.15, 0.2) is 0 Å². The van der Waals surface area contributed by atoms with E-state index in [1.807, 2.05) is 0 Å². The molecule has 1 aliphatic heterocycles. The minimum absolute atomic E-state index is 0.665. The molecule has 1 aliphatic carbocycles. The maximum atomic E-state index is 3.60. The van der Waals surface area contributed by atoms with Crippen molar-refractivity contribution in [3.8, 4) is 0 Å². The first-order valence-corrected chi connectivity index (χ1v) is 8.67. The van der Waals surface area contributed by atoms with Crippen LogP contribution in [-0.2, 0) is 0 Å². The third kappa shape index (κ3) is 3.17. The van der Waals surface area contributed by atoms with Crippen LogP contribution in [0.5, 0.6) is 0 Å². The minimum Gasteiger partial charge on any atom is -0.315 e. The van der Waals surface area contributed by atoms with Crippen molar-refractivity contribution < 1.29 is 0 Å². The number of likely N-dealkylation sites (N-methyl/N-ethyl adjacent to an activating group) is 1. The third-order valence-electron chi connectivity index (χ3n) is 5.72. The molecule has 2 fully saturated rings. The quantitative estimate of drug-likeness (QED) is 0.912. The van der Waals surface area contributed by atoms with Crippen molar-refractivity contribution >= 4 is 0 Å². The summed E-state index contributed by atoms with van der Waals surface area (Å²) < 4.78 is 0. The summed E-state index contributed by atoms with van der Waals surface area (Å²) in [5.74, 6) is 1.60. The number of benzene rings is 1. The Bertz CT molecular complexity index is 444. The normalized spacial score (nSPS) is 37.8. The van der Waals surface area contributed by atoms with E-state index in [2.05, 4.69) is 61.4 Å². The van der Waals surface area contributed by atoms with Crippen LogP contribution in [0, 0.1) is 5.92 Å². The SMILES string of the molecule is CNC1CCC(c2ccccc2)CC1N1CC(C)CC1C. The molecule has 2 nitrogen and oxygen atoms in total. The van der Waals surface area contributed by atoms with Crippen LogP contribution in [0.15, 0.2) is 30.3 Å². The van der Waals surface area contributed by atoms with Gasteiger partial charge in [0.2, 0.25) is 0 Å². The fourth-order valence-electron chi connectivity index (χ4n) is 4.67. The Kier molecular flexibility index (Phi) is 4.66. The van der Waals surface area contributed by atoms with Crippen molar-refractivity contribution in [2.24, 2.45) is 5.92 Å². The van der Waals surface area contributed by atoms with Crippen molar-refractivity contribution in [1.29, 1.82) is 0 Å². The number of rotatable bonds is 3. The zero-order valence-corrected chi connectivity index (χ0v) is 13.8. The molecule has 21 heavy (non-hydrogen) atoms. The molecule has 5 unspecified atom stereocenters. The van der Waals surface area contributed by atoms with Crippen molar-refractivity contribution in [3.05, 3.63) is 35.9 Å². The van der Waals surface area contributed by atoms with Crippen LogP contribution < -0.4 is 5.32 Å². The first kappa shape index (κ1) is 15.1. The van der Waals surface area contributed by atoms with Crippen molar-refractivity contribution in [2.45, 2.75) is 63.6 Å². The van der Waals surface area contributed by atoms with Gasteiger partial charge in [0, 0.05) is 24.7 Å². The first-order valence-electron chi connectivity index (χ1n) is 8.67. The maximum Gasteiger partial charge on any atom is 0.0257 e. The molecule has 0 spiro atoms. The highest BCUT2D eigenvalue weighted by atomic mass is 15.2. The van der Waals surface area contributed by atoms with Crippen LogP contribution in [0.1, 0.15) is 51.0 Å². The smallest absolute Gasteiger partial charge is 0.0257 e. The van der Waals surface area contributed by atoms with Gasteiger partial charge in [-0.1, -0.05) is 37.3 Å². The number of hydrogen-bond donors (Lipinski definition) is 1. The molecule has 2 heteroatoms. The van der Waals surface area contributed by atoms with Gasteiger partial charge in [0.05, 0.1) is 0 Å². The standard InChI is InChI=1S/C19H30N2/c1-14-11-15(2)21(13-14)19-12-17(9-10-18(19)20-3)16-7-5-4-6-8-16/h4-8,14-15,17-20H,9-13H2,1-3H3. The molecule has 116 valence electrons. The van der Waals surface area contributed by atoms with E-state index >= 15 is 0 Å². The van der Waals surface area contributed by atoms with E-state index in [-0.39, 0.29) is 0 Å². The monoisotopic (exact) mass is 286 g/mol. The second kappa shape index (κ2) is 6.50. The summed E-state index contributed by atoms with van der Waals surface area (Å²) in [6.45, 7) is 6.11. The number of hydrogen-bond acceptors (Lipinski definition) is 2. The molecule has 1 saturated carbocycles. The average Bonchev–Trinajstić information content (AvgIpc) is 2.86. The lowest BCUT2D eigenvalue weighted by molar-refractivity contribution is 0.108. The Morgan fingerprint density at radius 3 is 2.43 bits per heavy atom. The highest BCUT2D eigenvalue weighted by Gasteiger charge is 2.39. The Balaban J connectivity index is 1.76. The fraction of sp³-hybridized carbons (Fsp3) is 0.684. The van der Waals surface area contributed by atoms with E-state index in [9.17, 15) is 0 Å². The fourth-order valence-corrected chi connectivity index (χ4v) is 4.67. The van der Waals surface area contributed by atoms with E-state index < -0.39 is 0 Å². The molecule has 0 aromatic heterocycles. The van der Waals surface area contributed by atoms with E-state index in [0.717, 1.165) is 17.9 Å².